The minimum absolute atomic E-state index is 0.157. The largest absolute Gasteiger partial charge is 0.448 e. The molecule has 1 atom stereocenters. The van der Waals surface area contributed by atoms with Crippen LogP contribution >= 0.6 is 0 Å². The van der Waals surface area contributed by atoms with Crippen LogP contribution in [0.4, 0.5) is 4.39 Å². The average molecular weight is 331 g/mol. The number of nitrogens with one attached hydrogen (secondary N) is 1. The summed E-state index contributed by atoms with van der Waals surface area (Å²) in [5.41, 5.74) is 1.40. The molecule has 1 amide bonds. The average Bonchev–Trinajstić information content (AvgIpc) is 3.05. The van der Waals surface area contributed by atoms with Gasteiger partial charge in [0.05, 0.1) is 0 Å². The van der Waals surface area contributed by atoms with Crippen LogP contribution in [-0.2, 0) is 4.74 Å². The third kappa shape index (κ3) is 2.51. The predicted molar refractivity (Wildman–Crippen MR) is 88.5 cm³/mol. The smallest absolute Gasteiger partial charge is 0.287 e. The summed E-state index contributed by atoms with van der Waals surface area (Å²) in [5.74, 6) is -0.0133. The van der Waals surface area contributed by atoms with Crippen molar-refractivity contribution in [3.8, 4) is 0 Å². The van der Waals surface area contributed by atoms with Gasteiger partial charge in [-0.15, -0.1) is 0 Å². The maximum absolute atomic E-state index is 13.8. The van der Waals surface area contributed by atoms with Gasteiger partial charge in [0.2, 0.25) is 0 Å². The van der Waals surface area contributed by atoms with E-state index in [-0.39, 0.29) is 17.3 Å². The number of hydrogen-bond donors (Lipinski definition) is 1. The molecule has 2 fully saturated rings. The number of aryl methyl sites for hydroxylation is 1. The fraction of sp³-hybridized carbons (Fsp3) is 0.526. The zero-order valence-electron chi connectivity index (χ0n) is 13.9. The Morgan fingerprint density at radius 3 is 2.79 bits per heavy atom. The van der Waals surface area contributed by atoms with Crippen molar-refractivity contribution in [2.75, 3.05) is 19.8 Å². The number of carbonyl (C=O) groups is 1. The van der Waals surface area contributed by atoms with Gasteiger partial charge >= 0.3 is 0 Å². The quantitative estimate of drug-likeness (QED) is 0.930. The number of rotatable bonds is 3. The number of carbonyl (C=O) groups excluding carboxylic acids is 1. The van der Waals surface area contributed by atoms with Crippen LogP contribution in [0.5, 0.6) is 0 Å². The molecule has 128 valence electrons. The van der Waals surface area contributed by atoms with Crippen LogP contribution in [0.3, 0.4) is 0 Å². The highest BCUT2D eigenvalue weighted by atomic mass is 19.1. The number of furan rings is 1. The Morgan fingerprint density at radius 2 is 2.12 bits per heavy atom. The van der Waals surface area contributed by atoms with Crippen molar-refractivity contribution in [3.05, 3.63) is 35.3 Å². The van der Waals surface area contributed by atoms with Gasteiger partial charge in [-0.25, -0.2) is 4.39 Å². The molecule has 1 unspecified atom stereocenters. The second-order valence-corrected chi connectivity index (χ2v) is 7.14. The van der Waals surface area contributed by atoms with Crippen molar-refractivity contribution in [1.82, 2.24) is 5.32 Å². The third-order valence-corrected chi connectivity index (χ3v) is 5.93. The summed E-state index contributed by atoms with van der Waals surface area (Å²) in [6.45, 7) is 4.18. The molecule has 1 spiro atoms. The number of amides is 1. The Hall–Kier alpha value is -1.88. The summed E-state index contributed by atoms with van der Waals surface area (Å²) in [7, 11) is 0. The molecule has 0 bridgehead atoms. The first-order valence-electron chi connectivity index (χ1n) is 8.64. The van der Waals surface area contributed by atoms with Gasteiger partial charge in [0.25, 0.3) is 5.91 Å². The van der Waals surface area contributed by atoms with E-state index in [9.17, 15) is 9.18 Å². The van der Waals surface area contributed by atoms with E-state index >= 15 is 0 Å². The standard InChI is InChI=1S/C19H22FNO3/c1-12-2-3-15(20)17-14(12)10-16(24-17)18(22)21-11-13-4-5-19(13)6-8-23-9-7-19/h2-3,10,13H,4-9,11H2,1H3,(H,21,22). The van der Waals surface area contributed by atoms with Crippen LogP contribution in [0.2, 0.25) is 0 Å². The maximum Gasteiger partial charge on any atom is 0.287 e. The number of hydrogen-bond acceptors (Lipinski definition) is 3. The zero-order valence-corrected chi connectivity index (χ0v) is 13.9. The Bertz CT molecular complexity index is 737. The van der Waals surface area contributed by atoms with Gasteiger partial charge < -0.3 is 14.5 Å². The first-order chi connectivity index (χ1) is 11.6. The normalized spacial score (nSPS) is 22.5. The van der Waals surface area contributed by atoms with Gasteiger partial charge in [-0.3, -0.25) is 4.79 Å². The fourth-order valence-corrected chi connectivity index (χ4v) is 4.15. The molecule has 1 aromatic carbocycles. The molecule has 2 aromatic rings. The molecule has 2 aliphatic rings. The number of ether oxygens (including phenoxy) is 1. The van der Waals surface area contributed by atoms with Crippen LogP contribution in [0, 0.1) is 24.1 Å². The Balaban J connectivity index is 1.45. The summed E-state index contributed by atoms with van der Waals surface area (Å²) in [6.07, 6.45) is 4.55. The lowest BCUT2D eigenvalue weighted by atomic mass is 9.56. The number of halogens is 1. The molecule has 1 saturated carbocycles. The van der Waals surface area contributed by atoms with Crippen molar-refractivity contribution in [1.29, 1.82) is 0 Å². The minimum Gasteiger partial charge on any atom is -0.448 e. The molecule has 4 rings (SSSR count). The summed E-state index contributed by atoms with van der Waals surface area (Å²) in [6, 6.07) is 4.69. The lowest BCUT2D eigenvalue weighted by Crippen LogP contribution is -2.49. The molecule has 24 heavy (non-hydrogen) atoms. The molecule has 1 N–H and O–H groups in total. The highest BCUT2D eigenvalue weighted by Gasteiger charge is 2.47. The zero-order chi connectivity index (χ0) is 16.7. The Kier molecular flexibility index (Phi) is 3.83. The van der Waals surface area contributed by atoms with Crippen molar-refractivity contribution in [2.24, 2.45) is 11.3 Å². The molecule has 0 radical (unpaired) electrons. The second-order valence-electron chi connectivity index (χ2n) is 7.14. The van der Waals surface area contributed by atoms with Crippen LogP contribution in [0.1, 0.15) is 41.8 Å². The number of fused-ring (bicyclic) bond motifs is 1. The minimum atomic E-state index is -0.435. The fourth-order valence-electron chi connectivity index (χ4n) is 4.15. The van der Waals surface area contributed by atoms with Gasteiger partial charge in [0.15, 0.2) is 17.2 Å². The van der Waals surface area contributed by atoms with Crippen LogP contribution < -0.4 is 5.32 Å². The maximum atomic E-state index is 13.8. The molecule has 2 heterocycles. The first kappa shape index (κ1) is 15.6. The first-order valence-corrected chi connectivity index (χ1v) is 8.64. The molecule has 1 aliphatic carbocycles. The highest BCUT2D eigenvalue weighted by molar-refractivity contribution is 5.96. The lowest BCUT2D eigenvalue weighted by molar-refractivity contribution is -0.0738. The van der Waals surface area contributed by atoms with Crippen molar-refractivity contribution in [3.63, 3.8) is 0 Å². The summed E-state index contributed by atoms with van der Waals surface area (Å²) >= 11 is 0. The molecule has 4 nitrogen and oxygen atoms in total. The van der Waals surface area contributed by atoms with E-state index in [0.717, 1.165) is 38.0 Å². The molecule has 1 aromatic heterocycles. The van der Waals surface area contributed by atoms with Crippen molar-refractivity contribution in [2.45, 2.75) is 32.6 Å². The molecule has 5 heteroatoms. The van der Waals surface area contributed by atoms with Crippen LogP contribution in [-0.4, -0.2) is 25.7 Å². The lowest BCUT2D eigenvalue weighted by Gasteiger charge is -2.52. The van der Waals surface area contributed by atoms with Gasteiger partial charge in [-0.05, 0) is 61.6 Å². The molecule has 1 saturated heterocycles. The van der Waals surface area contributed by atoms with E-state index in [0.29, 0.717) is 23.3 Å². The van der Waals surface area contributed by atoms with Crippen LogP contribution in [0.25, 0.3) is 11.0 Å². The molecule has 1 aliphatic heterocycles. The SMILES string of the molecule is Cc1ccc(F)c2oc(C(=O)NCC3CCC34CCOCC4)cc12. The van der Waals surface area contributed by atoms with Gasteiger partial charge in [-0.1, -0.05) is 6.07 Å². The topological polar surface area (TPSA) is 51.5 Å². The van der Waals surface area contributed by atoms with Crippen LogP contribution in [0.15, 0.2) is 22.6 Å². The Labute approximate surface area is 140 Å². The monoisotopic (exact) mass is 331 g/mol. The number of benzene rings is 1. The summed E-state index contributed by atoms with van der Waals surface area (Å²) in [4.78, 5) is 12.4. The van der Waals surface area contributed by atoms with Crippen molar-refractivity contribution >= 4 is 16.9 Å². The third-order valence-electron chi connectivity index (χ3n) is 5.93. The van der Waals surface area contributed by atoms with Gasteiger partial charge in [-0.2, -0.15) is 0 Å². The highest BCUT2D eigenvalue weighted by Crippen LogP contribution is 2.53. The van der Waals surface area contributed by atoms with E-state index in [1.165, 1.54) is 12.5 Å². The predicted octanol–water partition coefficient (Wildman–Crippen LogP) is 3.82. The summed E-state index contributed by atoms with van der Waals surface area (Å²) < 4.78 is 24.7. The molecular formula is C19H22FNO3. The Morgan fingerprint density at radius 1 is 1.33 bits per heavy atom. The molecular weight excluding hydrogens is 309 g/mol. The van der Waals surface area contributed by atoms with E-state index in [2.05, 4.69) is 5.32 Å². The second kappa shape index (κ2) is 5.88. The summed E-state index contributed by atoms with van der Waals surface area (Å²) in [5, 5.41) is 3.63. The van der Waals surface area contributed by atoms with Gasteiger partial charge in [0.1, 0.15) is 0 Å². The van der Waals surface area contributed by atoms with E-state index in [1.54, 1.807) is 12.1 Å². The van der Waals surface area contributed by atoms with E-state index < -0.39 is 5.82 Å². The van der Waals surface area contributed by atoms with E-state index in [1.807, 2.05) is 6.92 Å². The van der Waals surface area contributed by atoms with Crippen molar-refractivity contribution < 1.29 is 18.3 Å². The van der Waals surface area contributed by atoms with Gasteiger partial charge in [0, 0.05) is 25.1 Å². The van der Waals surface area contributed by atoms with E-state index in [4.69, 9.17) is 9.15 Å².